The number of guanidine groups is 2. The zero-order valence-corrected chi connectivity index (χ0v) is 20.6. The largest absolute Gasteiger partial charge is 0.490 e. The quantitative estimate of drug-likeness (QED) is 0.0720. The minimum Gasteiger partial charge on any atom is -0.475 e. The van der Waals surface area contributed by atoms with Crippen molar-refractivity contribution >= 4 is 35.5 Å². The van der Waals surface area contributed by atoms with Crippen LogP contribution >= 0.6 is 11.6 Å². The highest BCUT2D eigenvalue weighted by Gasteiger charge is 2.81. The first-order valence-corrected chi connectivity index (χ1v) is 11.1. The number of carbonyl (C=O) groups is 2. The van der Waals surface area contributed by atoms with E-state index in [0.717, 1.165) is 0 Å². The Morgan fingerprint density at radius 2 is 1.46 bits per heavy atom. The third kappa shape index (κ3) is 5.72. The molecule has 3 heterocycles. The lowest BCUT2D eigenvalue weighted by atomic mass is 9.77. The monoisotopic (exact) mass is 624 g/mol. The van der Waals surface area contributed by atoms with Crippen molar-refractivity contribution < 1.29 is 56.4 Å². The van der Waals surface area contributed by atoms with Gasteiger partial charge in [0.2, 0.25) is 0 Å². The smallest absolute Gasteiger partial charge is 0.475 e. The van der Waals surface area contributed by atoms with E-state index >= 15 is 0 Å². The van der Waals surface area contributed by atoms with Gasteiger partial charge in [0, 0.05) is 28.8 Å². The number of nitrogens with one attached hydrogen (secondary N) is 1. The van der Waals surface area contributed by atoms with Gasteiger partial charge in [-0.1, -0.05) is 10.2 Å². The maximum absolute atomic E-state index is 11.5. The molecule has 0 bridgehead atoms. The van der Waals surface area contributed by atoms with E-state index in [1.807, 2.05) is 0 Å². The molecular weight excluding hydrogens is 606 g/mol. The number of azide groups is 2. The predicted molar refractivity (Wildman–Crippen MR) is 121 cm³/mol. The maximum Gasteiger partial charge on any atom is 0.490 e. The van der Waals surface area contributed by atoms with E-state index in [-0.39, 0.29) is 25.0 Å². The molecule has 2 fully saturated rings. The van der Waals surface area contributed by atoms with E-state index < -0.39 is 71.1 Å². The lowest BCUT2D eigenvalue weighted by Crippen LogP contribution is -2.61. The van der Waals surface area contributed by atoms with E-state index in [4.69, 9.17) is 53.9 Å². The van der Waals surface area contributed by atoms with Gasteiger partial charge in [-0.25, -0.2) is 19.6 Å². The molecule has 0 unspecified atom stereocenters. The number of nitrogens with two attached hydrogens (primary N) is 2. The first-order valence-electron chi connectivity index (χ1n) is 10.6. The number of fused-ring (bicyclic) bond motifs is 3. The molecule has 8 atom stereocenters. The van der Waals surface area contributed by atoms with Gasteiger partial charge in [0.1, 0.15) is 5.54 Å². The van der Waals surface area contributed by atoms with Gasteiger partial charge < -0.3 is 42.1 Å². The highest BCUT2D eigenvalue weighted by atomic mass is 35.5. The van der Waals surface area contributed by atoms with Crippen LogP contribution in [0.3, 0.4) is 0 Å². The summed E-state index contributed by atoms with van der Waals surface area (Å²) in [7, 11) is 0. The number of hydrogen-bond acceptors (Lipinski definition) is 12. The summed E-state index contributed by atoms with van der Waals surface area (Å²) in [5, 5.41) is 45.7. The van der Waals surface area contributed by atoms with Crippen molar-refractivity contribution in [1.29, 1.82) is 0 Å². The fraction of sp³-hybridized carbons (Fsp3) is 0.750. The number of nitrogens with zero attached hydrogens (tertiary/aromatic N) is 9. The first kappa shape index (κ1) is 33.1. The number of hydrogen-bond donors (Lipinski definition) is 7. The number of halogens is 7. The molecule has 1 spiro atoms. The van der Waals surface area contributed by atoms with Crippen LogP contribution in [0, 0.1) is 17.8 Å². The Balaban J connectivity index is 0.000000349. The van der Waals surface area contributed by atoms with Gasteiger partial charge in [-0.2, -0.15) is 26.3 Å². The fourth-order valence-electron chi connectivity index (χ4n) is 5.29. The number of rotatable bonds is 4. The number of carboxylic acid groups (broad SMARTS) is 2. The zero-order chi connectivity index (χ0) is 31.7. The third-order valence-corrected chi connectivity index (χ3v) is 7.20. The predicted octanol–water partition coefficient (Wildman–Crippen LogP) is -0.0231. The van der Waals surface area contributed by atoms with Gasteiger partial charge in [-0.05, 0) is 22.9 Å². The summed E-state index contributed by atoms with van der Waals surface area (Å²) >= 11 is 6.78. The van der Waals surface area contributed by atoms with Crippen LogP contribution < -0.4 is 16.8 Å². The van der Waals surface area contributed by atoms with E-state index in [0.29, 0.717) is 0 Å². The second-order valence-corrected chi connectivity index (χ2v) is 9.07. The fourth-order valence-corrected chi connectivity index (χ4v) is 5.91. The van der Waals surface area contributed by atoms with Crippen LogP contribution in [0.5, 0.6) is 0 Å². The molecule has 0 aromatic carbocycles. The van der Waals surface area contributed by atoms with Crippen LogP contribution in [0.2, 0.25) is 0 Å². The van der Waals surface area contributed by atoms with Crippen molar-refractivity contribution in [3.8, 4) is 0 Å². The molecule has 25 heteroatoms. The minimum atomic E-state index is -5.08. The van der Waals surface area contributed by atoms with Gasteiger partial charge in [0.05, 0.1) is 5.38 Å². The molecule has 4 aliphatic rings. The van der Waals surface area contributed by atoms with E-state index in [1.54, 1.807) is 0 Å². The topological polar surface area (TPSA) is 305 Å². The number of aliphatic carboxylic acids is 2. The molecule has 3 aliphatic heterocycles. The SMILES string of the molecule is O=C(O)C(F)(F)F.O=C(O)C(F)(F)F.[N-]=[N+]=NC[C@@H]1[C@@H](CN=[N+]=[N-])[C@H](Cl)[C@@]23[C@H](O)N=C(N)N2[C@H]2N=C(N)N[C@@]2(O)[C@@H]13. The lowest BCUT2D eigenvalue weighted by Gasteiger charge is -2.39. The second-order valence-electron chi connectivity index (χ2n) is 8.60. The van der Waals surface area contributed by atoms with Crippen LogP contribution in [0.4, 0.5) is 26.3 Å². The Morgan fingerprint density at radius 3 is 1.88 bits per heavy atom. The van der Waals surface area contributed by atoms with E-state index in [2.05, 4.69) is 35.4 Å². The van der Waals surface area contributed by atoms with Crippen LogP contribution in [0.1, 0.15) is 0 Å². The Labute approximate surface area is 227 Å². The summed E-state index contributed by atoms with van der Waals surface area (Å²) in [6.45, 7) is -0.0685. The molecule has 1 saturated carbocycles. The number of aliphatic imine (C=N–C) groups is 2. The van der Waals surface area contributed by atoms with Gasteiger partial charge in [0.15, 0.2) is 30.0 Å². The van der Waals surface area contributed by atoms with Gasteiger partial charge in [0.25, 0.3) is 0 Å². The van der Waals surface area contributed by atoms with Crippen molar-refractivity contribution in [2.75, 3.05) is 13.1 Å². The molecule has 228 valence electrons. The number of alkyl halides is 7. The molecule has 1 aliphatic carbocycles. The Kier molecular flexibility index (Phi) is 9.21. The van der Waals surface area contributed by atoms with Crippen molar-refractivity contribution in [3.63, 3.8) is 0 Å². The number of aliphatic hydroxyl groups excluding tert-OH is 1. The standard InChI is InChI=1S/C12H17ClN12O2.2C2HF3O2/c13-6-4(2-19-24-17)3(1-18-23-16)5-11(6)8(26)21-10(15)25(11)7-12(5,27)22-9(14)20-7;2*3-2(4,5)1(6)7/h3-8,26-27H,1-2H2,(H2,15,21)(H3,14,20,22);2*(H,6,7)/t3-,4-,5+,6+,7-,8+,11+,12-;;/m1../s1. The van der Waals surface area contributed by atoms with Crippen molar-refractivity contribution in [1.82, 2.24) is 10.2 Å². The molecule has 0 aromatic rings. The molecule has 1 saturated heterocycles. The van der Waals surface area contributed by atoms with Gasteiger partial charge >= 0.3 is 24.3 Å². The number of carboxylic acids is 2. The number of aliphatic hydroxyl groups is 2. The highest BCUT2D eigenvalue weighted by molar-refractivity contribution is 6.22. The minimum absolute atomic E-state index is 0.00237. The average Bonchev–Trinajstić information content (AvgIpc) is 3.43. The van der Waals surface area contributed by atoms with Crippen LogP contribution in [0.25, 0.3) is 20.9 Å². The molecule has 9 N–H and O–H groups in total. The molecular formula is C16H19ClF6N12O6. The molecule has 0 radical (unpaired) electrons. The first-order chi connectivity index (χ1) is 18.7. The zero-order valence-electron chi connectivity index (χ0n) is 19.8. The second kappa shape index (κ2) is 11.4. The molecule has 4 rings (SSSR count). The van der Waals surface area contributed by atoms with Crippen LogP contribution in [-0.4, -0.2) is 104 Å². The summed E-state index contributed by atoms with van der Waals surface area (Å²) in [5.41, 5.74) is 26.3. The summed E-state index contributed by atoms with van der Waals surface area (Å²) in [4.78, 5) is 33.1. The molecule has 0 aromatic heterocycles. The maximum atomic E-state index is 11.5. The van der Waals surface area contributed by atoms with Crippen molar-refractivity contribution in [2.45, 2.75) is 41.4 Å². The third-order valence-electron chi connectivity index (χ3n) is 6.52. The normalized spacial score (nSPS) is 34.4. The summed E-state index contributed by atoms with van der Waals surface area (Å²) in [5.74, 6) is -7.45. The van der Waals surface area contributed by atoms with E-state index in [1.165, 1.54) is 4.90 Å². The van der Waals surface area contributed by atoms with Crippen molar-refractivity contribution in [3.05, 3.63) is 20.9 Å². The molecule has 18 nitrogen and oxygen atoms in total. The Morgan fingerprint density at radius 1 is 1.02 bits per heavy atom. The summed E-state index contributed by atoms with van der Waals surface area (Å²) in [6.07, 6.45) is -12.5. The highest BCUT2D eigenvalue weighted by Crippen LogP contribution is 2.64. The van der Waals surface area contributed by atoms with Gasteiger partial charge in [-0.15, -0.1) is 11.6 Å². The van der Waals surface area contributed by atoms with Crippen molar-refractivity contribution in [2.24, 2.45) is 49.4 Å². The Hall–Kier alpha value is -4.11. The summed E-state index contributed by atoms with van der Waals surface area (Å²) < 4.78 is 63.5. The van der Waals surface area contributed by atoms with E-state index in [9.17, 15) is 36.6 Å². The van der Waals surface area contributed by atoms with Crippen LogP contribution in [-0.2, 0) is 9.59 Å². The Bertz CT molecular complexity index is 1200. The average molecular weight is 625 g/mol. The lowest BCUT2D eigenvalue weighted by molar-refractivity contribution is -0.193. The summed E-state index contributed by atoms with van der Waals surface area (Å²) in [6, 6.07) is 0. The van der Waals surface area contributed by atoms with Gasteiger partial charge in [-0.3, -0.25) is 0 Å². The van der Waals surface area contributed by atoms with Crippen LogP contribution in [0.15, 0.2) is 20.2 Å². The molecule has 41 heavy (non-hydrogen) atoms. The molecule has 0 amide bonds.